The second kappa shape index (κ2) is 54.3. The maximum Gasteiger partial charge on any atom is 0.494 e. The number of ether oxygens (including phenoxy) is 4. The van der Waals surface area contributed by atoms with Crippen molar-refractivity contribution in [2.24, 2.45) is 11.6 Å². The lowest BCUT2D eigenvalue weighted by Gasteiger charge is -2.32. The third-order valence-corrected chi connectivity index (χ3v) is 23.8. The van der Waals surface area contributed by atoms with E-state index >= 15 is 0 Å². The normalized spacial score (nSPS) is 12.2. The highest BCUT2D eigenvalue weighted by Crippen LogP contribution is 2.40. The molecule has 9 N–H and O–H groups in total. The topological polar surface area (TPSA) is 420 Å². The van der Waals surface area contributed by atoms with Gasteiger partial charge in [-0.05, 0) is 191 Å². The molecule has 1 amide bonds. The van der Waals surface area contributed by atoms with Gasteiger partial charge in [-0.2, -0.15) is 0 Å². The van der Waals surface area contributed by atoms with Gasteiger partial charge in [-0.3, -0.25) is 30.2 Å². The summed E-state index contributed by atoms with van der Waals surface area (Å²) >= 11 is 10.5. The number of esters is 1. The standard InChI is InChI=1S/C24H22N6O.C18H19BrN4O2.C17H15BrN6O.C16H17BrN6O.C13H19BO2.C7H16O3.C6H11N3/c1-17-3-5-18(6-4-17)19-7-8-22-20(13-19)23(21(14-27-22)24-29-28-16-31-24)26-9-2-11-30-12-10-25-15-30;1-2-25-18(24)15-11-22-16-5-4-13(19)10-14(16)17(15)21-6-3-8-23-9-7-20-12-23;18-12-2-3-15-13(8-12)16(14(9-21-15)17-23-22-11-25-17)20-4-1-6-24-7-5-19-10-24;17-11-2-3-14-12(8-11)15(13(9-21-14)16(24)22-18)20-4-1-6-23-7-5-19-10-23;1-10-6-8-11(9-7-10)14-15-12(2,3)13(4,5)16-14;1-4-8-7(9-5-2)10-6-3;7-2-1-4-9-5-3-8-6-9/h3-8,10,12-16H,2,9,11H2,1H3,(H,26,27);4-5,7,9-12H,2-3,6,8H2,1H3,(H,21,22);2-3,5,7-11H,1,4,6H2,(H,20,21);2-3,5,7-10H,1,4,6,18H2,(H,20,21)(H,22,24);6-9H,1-5H3;7H,4-6H2,1-3H3;3,5-6H,1-2,4,7H2. The van der Waals surface area contributed by atoms with Gasteiger partial charge in [0.15, 0.2) is 0 Å². The lowest BCUT2D eigenvalue weighted by atomic mass is 9.79. The Balaban J connectivity index is 0.000000151. The Labute approximate surface area is 839 Å². The summed E-state index contributed by atoms with van der Waals surface area (Å²) < 4.78 is 56.2. The van der Waals surface area contributed by atoms with Crippen molar-refractivity contribution in [2.75, 3.05) is 80.4 Å². The second-order valence-electron chi connectivity index (χ2n) is 32.9. The van der Waals surface area contributed by atoms with Crippen LogP contribution in [0, 0.1) is 13.8 Å². The fourth-order valence-corrected chi connectivity index (χ4v) is 15.5. The molecule has 1 fully saturated rings. The van der Waals surface area contributed by atoms with Crippen LogP contribution in [-0.4, -0.2) is 184 Å². The van der Waals surface area contributed by atoms with Crippen molar-refractivity contribution in [2.45, 2.75) is 152 Å². The van der Waals surface area contributed by atoms with Crippen molar-refractivity contribution in [3.63, 3.8) is 0 Å². The monoisotopic (exact) mass is 2090 g/mol. The molecule has 1 aliphatic rings. The molecule has 0 unspecified atom stereocenters. The van der Waals surface area contributed by atoms with Gasteiger partial charge in [-0.1, -0.05) is 114 Å². The maximum absolute atomic E-state index is 12.3. The van der Waals surface area contributed by atoms with Gasteiger partial charge in [0.1, 0.15) is 5.56 Å². The number of hydrogen-bond donors (Lipinski definition) is 7. The first kappa shape index (κ1) is 106. The fourth-order valence-electron chi connectivity index (χ4n) is 14.4. The van der Waals surface area contributed by atoms with Crippen LogP contribution >= 0.6 is 47.8 Å². The average Bonchev–Trinajstić information content (AvgIpc) is 1.42. The number of aryl methyl sites for hydroxylation is 7. The lowest BCUT2D eigenvalue weighted by molar-refractivity contribution is -0.282. The molecule has 0 spiro atoms. The molecule has 1 aliphatic heterocycles. The van der Waals surface area contributed by atoms with E-state index < -0.39 is 6.48 Å². The smallest absolute Gasteiger partial charge is 0.462 e. The minimum Gasteiger partial charge on any atom is -0.462 e. The van der Waals surface area contributed by atoms with Crippen molar-refractivity contribution < 1.29 is 46.7 Å². The highest BCUT2D eigenvalue weighted by molar-refractivity contribution is 9.11. The number of amides is 1. The summed E-state index contributed by atoms with van der Waals surface area (Å²) in [6.45, 7) is 29.9. The summed E-state index contributed by atoms with van der Waals surface area (Å²) in [6.07, 6.45) is 41.7. The zero-order valence-corrected chi connectivity index (χ0v) is 84.9. The highest BCUT2D eigenvalue weighted by atomic mass is 79.9. The van der Waals surface area contributed by atoms with E-state index in [1.54, 1.807) is 75.5 Å². The summed E-state index contributed by atoms with van der Waals surface area (Å²) in [4.78, 5) is 62.3. The van der Waals surface area contributed by atoms with Gasteiger partial charge in [0.2, 0.25) is 12.8 Å². The number of pyridine rings is 4. The Bertz CT molecular complexity index is 6540. The van der Waals surface area contributed by atoms with E-state index in [-0.39, 0.29) is 30.2 Å². The highest BCUT2D eigenvalue weighted by Gasteiger charge is 2.51. The number of nitrogens with zero attached hydrogens (tertiary/aromatic N) is 18. The van der Waals surface area contributed by atoms with Crippen LogP contribution in [0.1, 0.15) is 119 Å². The van der Waals surface area contributed by atoms with E-state index in [0.717, 1.165) is 193 Å². The van der Waals surface area contributed by atoms with E-state index in [0.29, 0.717) is 55.9 Å². The van der Waals surface area contributed by atoms with Crippen molar-refractivity contribution in [1.82, 2.24) is 93.5 Å². The number of halogens is 3. The number of hydrazine groups is 1. The molecule has 18 rings (SSSR count). The summed E-state index contributed by atoms with van der Waals surface area (Å²) in [5.74, 6) is 5.45. The van der Waals surface area contributed by atoms with Crippen LogP contribution in [0.5, 0.6) is 0 Å². The van der Waals surface area contributed by atoms with E-state index in [1.165, 1.54) is 35.7 Å². The number of benzene rings is 6. The van der Waals surface area contributed by atoms with E-state index in [2.05, 4.69) is 257 Å². The van der Waals surface area contributed by atoms with Crippen molar-refractivity contribution in [3.05, 3.63) is 288 Å². The first-order chi connectivity index (χ1) is 68.1. The molecule has 11 aromatic heterocycles. The summed E-state index contributed by atoms with van der Waals surface area (Å²) in [7, 11) is -0.245. The molecule has 0 aliphatic carbocycles. The first-order valence-corrected chi connectivity index (χ1v) is 48.6. The minimum atomic E-state index is -0.472. The molecule has 12 heterocycles. The SMILES string of the molecule is Brc1ccc2ncc(-c3nnco3)c(NCCCn3ccnc3)c2c1.CCOC(=O)c1cnc2ccc(Br)cc2c1NCCCn1ccnc1.CCOC(OCC)OCC.Cc1ccc(-c2ccc3ncc(-c4nnco4)c(NCCCn4ccnc4)c3c2)cc1.Cc1ccc(B2OC(C)(C)C(C)(C)O2)cc1.NCCCn1ccnc1.NNC(=O)c1cnc2ccc(Br)cc2c1NCCCn1ccnc1. The Kier molecular flexibility index (Phi) is 40.9. The van der Waals surface area contributed by atoms with Gasteiger partial charge in [0.25, 0.3) is 24.2 Å². The third-order valence-electron chi connectivity index (χ3n) is 22.3. The zero-order chi connectivity index (χ0) is 99.0. The van der Waals surface area contributed by atoms with Crippen LogP contribution in [0.4, 0.5) is 22.7 Å². The molecular formula is C101H119BBr3N25O10. The number of nitrogens with one attached hydrogen (secondary N) is 5. The number of nitrogens with two attached hydrogens (primary N) is 2. The molecule has 0 radical (unpaired) electrons. The number of aromatic nitrogens is 18. The largest absolute Gasteiger partial charge is 0.494 e. The number of rotatable bonds is 36. The molecule has 140 heavy (non-hydrogen) atoms. The van der Waals surface area contributed by atoms with Crippen LogP contribution in [0.2, 0.25) is 0 Å². The van der Waals surface area contributed by atoms with Crippen LogP contribution in [0.3, 0.4) is 0 Å². The van der Waals surface area contributed by atoms with Crippen LogP contribution in [0.25, 0.3) is 77.6 Å². The zero-order valence-electron chi connectivity index (χ0n) is 80.2. The van der Waals surface area contributed by atoms with Crippen molar-refractivity contribution >= 4 is 139 Å². The van der Waals surface area contributed by atoms with Gasteiger partial charge in [-0.15, -0.1) is 20.4 Å². The lowest BCUT2D eigenvalue weighted by Crippen LogP contribution is -2.41. The minimum absolute atomic E-state index is 0.245. The van der Waals surface area contributed by atoms with E-state index in [1.807, 2.05) is 133 Å². The second-order valence-corrected chi connectivity index (χ2v) is 35.6. The van der Waals surface area contributed by atoms with Gasteiger partial charge in [0, 0.05) is 200 Å². The predicted molar refractivity (Wildman–Crippen MR) is 557 cm³/mol. The van der Waals surface area contributed by atoms with E-state index in [4.69, 9.17) is 48.7 Å². The summed E-state index contributed by atoms with van der Waals surface area (Å²) in [5, 5.41) is 33.4. The molecule has 1 saturated heterocycles. The molecule has 39 heteroatoms. The van der Waals surface area contributed by atoms with Crippen LogP contribution in [0.15, 0.2) is 275 Å². The molecule has 0 saturated carbocycles. The number of imidazole rings is 5. The number of anilines is 4. The van der Waals surface area contributed by atoms with Gasteiger partial charge in [-0.25, -0.2) is 35.6 Å². The molecule has 0 atom stereocenters. The van der Waals surface area contributed by atoms with Gasteiger partial charge < -0.3 is 86.9 Å². The number of carbonyl (C=O) groups excluding carboxylic acids is 2. The Morgan fingerprint density at radius 2 is 0.786 bits per heavy atom. The molecular weight excluding hydrogens is 1970 g/mol. The quantitative estimate of drug-likeness (QED) is 0.00365. The summed E-state index contributed by atoms with van der Waals surface area (Å²) in [6, 6.07) is 40.7. The maximum atomic E-state index is 12.3. The Hall–Kier alpha value is -13.3. The molecule has 6 aromatic carbocycles. The van der Waals surface area contributed by atoms with Gasteiger partial charge in [0.05, 0.1) is 111 Å². The molecule has 0 bridgehead atoms. The number of fused-ring (bicyclic) bond motifs is 4. The molecule has 17 aromatic rings. The van der Waals surface area contributed by atoms with Gasteiger partial charge >= 0.3 is 13.1 Å². The first-order valence-electron chi connectivity index (χ1n) is 46.2. The Morgan fingerprint density at radius 3 is 1.15 bits per heavy atom. The summed E-state index contributed by atoms with van der Waals surface area (Å²) in [5.41, 5.74) is 22.2. The van der Waals surface area contributed by atoms with Crippen molar-refractivity contribution in [1.29, 1.82) is 0 Å². The van der Waals surface area contributed by atoms with Crippen LogP contribution in [-0.2, 0) is 61.0 Å². The Morgan fingerprint density at radius 1 is 0.436 bits per heavy atom. The molecule has 35 nitrogen and oxygen atoms in total. The van der Waals surface area contributed by atoms with Crippen LogP contribution < -0.4 is 43.7 Å². The predicted octanol–water partition coefficient (Wildman–Crippen LogP) is 18.8. The number of nitrogen functional groups attached to an aromatic ring is 1. The third kappa shape index (κ3) is 30.8. The number of carbonyl (C=O) groups is 2. The van der Waals surface area contributed by atoms with Crippen molar-refractivity contribution in [3.8, 4) is 34.0 Å². The number of hydrogen-bond acceptors (Lipinski definition) is 29. The van der Waals surface area contributed by atoms with E-state index in [9.17, 15) is 9.59 Å². The molecule has 732 valence electrons. The average molecular weight is 2090 g/mol. The fraction of sp³-hybridized carbons (Fsp3) is 0.317.